The van der Waals surface area contributed by atoms with Gasteiger partial charge >= 0.3 is 0 Å². The van der Waals surface area contributed by atoms with Crippen LogP contribution in [0.3, 0.4) is 0 Å². The Morgan fingerprint density at radius 2 is 2.25 bits per heavy atom. The largest absolute Gasteiger partial charge is 0.0761 e. The van der Waals surface area contributed by atoms with Gasteiger partial charge in [-0.3, -0.25) is 0 Å². The smallest absolute Gasteiger partial charge is 0.0148 e. The molecule has 0 amide bonds. The quantitative estimate of drug-likeness (QED) is 0.633. The van der Waals surface area contributed by atoms with E-state index in [2.05, 4.69) is 50.3 Å². The first kappa shape index (κ1) is 9.05. The molecule has 0 aliphatic heterocycles. The summed E-state index contributed by atoms with van der Waals surface area (Å²) in [4.78, 5) is 0. The average molecular weight is 159 g/mol. The molecule has 0 nitrogen and oxygen atoms in total. The van der Waals surface area contributed by atoms with Gasteiger partial charge in [-0.1, -0.05) is 49.2 Å². The van der Waals surface area contributed by atoms with Crippen LogP contribution in [0.1, 0.15) is 30.9 Å². The monoisotopic (exact) mass is 159 g/mol. The molecule has 1 radical (unpaired) electrons. The third-order valence-corrected chi connectivity index (χ3v) is 1.72. The normalized spacial score (nSPS) is 10.8. The van der Waals surface area contributed by atoms with Gasteiger partial charge in [0.05, 0.1) is 0 Å². The van der Waals surface area contributed by atoms with E-state index in [0.29, 0.717) is 0 Å². The first-order valence-electron chi connectivity index (χ1n) is 4.48. The van der Waals surface area contributed by atoms with Crippen LogP contribution < -0.4 is 0 Å². The molecule has 0 unspecified atom stereocenters. The lowest BCUT2D eigenvalue weighted by molar-refractivity contribution is 0.955. The number of hydrogen-bond donors (Lipinski definition) is 0. The van der Waals surface area contributed by atoms with Crippen LogP contribution in [0.4, 0.5) is 0 Å². The number of benzene rings is 1. The van der Waals surface area contributed by atoms with Crippen molar-refractivity contribution in [3.63, 3.8) is 0 Å². The molecule has 1 aromatic carbocycles. The van der Waals surface area contributed by atoms with Gasteiger partial charge in [-0.2, -0.15) is 0 Å². The highest BCUT2D eigenvalue weighted by Gasteiger charge is 1.86. The second kappa shape index (κ2) is 4.76. The van der Waals surface area contributed by atoms with Crippen molar-refractivity contribution in [3.8, 4) is 0 Å². The van der Waals surface area contributed by atoms with Crippen LogP contribution in [0.15, 0.2) is 30.3 Å². The van der Waals surface area contributed by atoms with Crippen LogP contribution in [0.5, 0.6) is 0 Å². The molecule has 0 spiro atoms. The van der Waals surface area contributed by atoms with E-state index >= 15 is 0 Å². The van der Waals surface area contributed by atoms with Gasteiger partial charge in [0, 0.05) is 0 Å². The van der Waals surface area contributed by atoms with E-state index in [9.17, 15) is 0 Å². The fraction of sp³-hybridized carbons (Fsp3) is 0.333. The van der Waals surface area contributed by atoms with Crippen LogP contribution in [0.2, 0.25) is 0 Å². The fourth-order valence-electron chi connectivity index (χ4n) is 1.07. The Morgan fingerprint density at radius 3 is 2.92 bits per heavy atom. The molecule has 1 aromatic rings. The van der Waals surface area contributed by atoms with E-state index in [1.54, 1.807) is 0 Å². The first-order valence-corrected chi connectivity index (χ1v) is 4.48. The van der Waals surface area contributed by atoms with Crippen LogP contribution in [0, 0.1) is 13.0 Å². The molecule has 0 fully saturated rings. The van der Waals surface area contributed by atoms with Crippen LogP contribution in [-0.2, 0) is 0 Å². The van der Waals surface area contributed by atoms with Gasteiger partial charge in [0.25, 0.3) is 0 Å². The summed E-state index contributed by atoms with van der Waals surface area (Å²) in [5.74, 6) is 0. The maximum atomic E-state index is 3.26. The molecule has 0 heteroatoms. The molecule has 0 atom stereocenters. The number of hydrogen-bond acceptors (Lipinski definition) is 0. The van der Waals surface area contributed by atoms with E-state index in [1.165, 1.54) is 17.5 Å². The number of unbranched alkanes of at least 4 members (excludes halogenated alkanes) is 1. The van der Waals surface area contributed by atoms with Crippen molar-refractivity contribution in [2.24, 2.45) is 0 Å². The Bertz CT molecular complexity index is 258. The highest BCUT2D eigenvalue weighted by molar-refractivity contribution is 5.26. The molecule has 0 saturated carbocycles. The molecular weight excluding hydrogens is 144 g/mol. The zero-order valence-corrected chi connectivity index (χ0v) is 7.80. The Balaban J connectivity index is 2.63. The SMILES string of the molecule is CCCC=[C]c1cccc(C)c1. The van der Waals surface area contributed by atoms with Gasteiger partial charge < -0.3 is 0 Å². The summed E-state index contributed by atoms with van der Waals surface area (Å²) in [5, 5.41) is 0. The van der Waals surface area contributed by atoms with E-state index in [4.69, 9.17) is 0 Å². The fourth-order valence-corrected chi connectivity index (χ4v) is 1.07. The van der Waals surface area contributed by atoms with Crippen LogP contribution >= 0.6 is 0 Å². The predicted molar refractivity (Wildman–Crippen MR) is 53.0 cm³/mol. The molecule has 0 saturated heterocycles. The zero-order valence-electron chi connectivity index (χ0n) is 7.80. The van der Waals surface area contributed by atoms with Crippen molar-refractivity contribution in [1.29, 1.82) is 0 Å². The summed E-state index contributed by atoms with van der Waals surface area (Å²) in [7, 11) is 0. The third kappa shape index (κ3) is 2.91. The maximum Gasteiger partial charge on any atom is -0.0148 e. The van der Waals surface area contributed by atoms with E-state index < -0.39 is 0 Å². The van der Waals surface area contributed by atoms with Gasteiger partial charge in [0.15, 0.2) is 0 Å². The summed E-state index contributed by atoms with van der Waals surface area (Å²) >= 11 is 0. The predicted octanol–water partition coefficient (Wildman–Crippen LogP) is 3.50. The molecule has 12 heavy (non-hydrogen) atoms. The summed E-state index contributed by atoms with van der Waals surface area (Å²) in [6.07, 6.45) is 7.68. The van der Waals surface area contributed by atoms with Crippen LogP contribution in [0.25, 0.3) is 0 Å². The second-order valence-electron chi connectivity index (χ2n) is 3.01. The molecule has 0 bridgehead atoms. The van der Waals surface area contributed by atoms with E-state index in [-0.39, 0.29) is 0 Å². The van der Waals surface area contributed by atoms with Gasteiger partial charge in [0.1, 0.15) is 0 Å². The van der Waals surface area contributed by atoms with Crippen molar-refractivity contribution in [2.45, 2.75) is 26.7 Å². The van der Waals surface area contributed by atoms with E-state index in [0.717, 1.165) is 6.42 Å². The molecule has 0 aliphatic carbocycles. The Hall–Kier alpha value is -1.04. The Kier molecular flexibility index (Phi) is 3.59. The highest BCUT2D eigenvalue weighted by atomic mass is 13.9. The van der Waals surface area contributed by atoms with Crippen molar-refractivity contribution in [1.82, 2.24) is 0 Å². The Morgan fingerprint density at radius 1 is 1.42 bits per heavy atom. The summed E-state index contributed by atoms with van der Waals surface area (Å²) in [6.45, 7) is 4.28. The summed E-state index contributed by atoms with van der Waals surface area (Å²) in [6, 6.07) is 8.40. The topological polar surface area (TPSA) is 0 Å². The highest BCUT2D eigenvalue weighted by Crippen LogP contribution is 2.04. The lowest BCUT2D eigenvalue weighted by Crippen LogP contribution is -1.75. The lowest BCUT2D eigenvalue weighted by Gasteiger charge is -1.93. The van der Waals surface area contributed by atoms with Gasteiger partial charge in [-0.05, 0) is 25.0 Å². The van der Waals surface area contributed by atoms with Crippen LogP contribution in [-0.4, -0.2) is 0 Å². The Labute approximate surface area is 74.9 Å². The first-order chi connectivity index (χ1) is 5.83. The third-order valence-electron chi connectivity index (χ3n) is 1.72. The number of aryl methyl sites for hydroxylation is 1. The molecule has 0 aromatic heterocycles. The van der Waals surface area contributed by atoms with E-state index in [1.807, 2.05) is 0 Å². The van der Waals surface area contributed by atoms with Gasteiger partial charge in [-0.25, -0.2) is 0 Å². The molecule has 0 N–H and O–H groups in total. The molecule has 0 heterocycles. The number of rotatable bonds is 3. The second-order valence-corrected chi connectivity index (χ2v) is 3.01. The molecule has 63 valence electrons. The minimum absolute atomic E-state index is 1.12. The minimum Gasteiger partial charge on any atom is -0.0761 e. The van der Waals surface area contributed by atoms with Crippen molar-refractivity contribution >= 4 is 0 Å². The standard InChI is InChI=1S/C12H15/c1-3-4-5-8-12-9-6-7-11(2)10-12/h5-7,9-10H,3-4H2,1-2H3. The minimum atomic E-state index is 1.12. The molecular formula is C12H15. The lowest BCUT2D eigenvalue weighted by atomic mass is 10.1. The van der Waals surface area contributed by atoms with Gasteiger partial charge in [-0.15, -0.1) is 0 Å². The van der Waals surface area contributed by atoms with Crippen molar-refractivity contribution in [3.05, 3.63) is 47.5 Å². The average Bonchev–Trinajstić information content (AvgIpc) is 2.05. The molecule has 0 aliphatic rings. The molecule has 1 rings (SSSR count). The summed E-state index contributed by atoms with van der Waals surface area (Å²) in [5.41, 5.74) is 2.48. The van der Waals surface area contributed by atoms with Gasteiger partial charge in [0.2, 0.25) is 0 Å². The summed E-state index contributed by atoms with van der Waals surface area (Å²) < 4.78 is 0. The zero-order chi connectivity index (χ0) is 8.81. The van der Waals surface area contributed by atoms with Crippen molar-refractivity contribution < 1.29 is 0 Å². The number of allylic oxidation sites excluding steroid dienone is 1. The maximum absolute atomic E-state index is 3.26. The van der Waals surface area contributed by atoms with Crippen molar-refractivity contribution in [2.75, 3.05) is 0 Å².